The number of methoxy groups -OCH3 is 2. The second kappa shape index (κ2) is 12.0. The van der Waals surface area contributed by atoms with E-state index in [0.717, 1.165) is 33.3 Å². The van der Waals surface area contributed by atoms with Gasteiger partial charge in [0, 0.05) is 18.6 Å². The number of aromatic nitrogens is 6. The van der Waals surface area contributed by atoms with Crippen molar-refractivity contribution in [1.29, 1.82) is 0 Å². The second-order valence-electron chi connectivity index (χ2n) is 6.26. The lowest BCUT2D eigenvalue weighted by atomic mass is 10.2. The van der Waals surface area contributed by atoms with Gasteiger partial charge in [-0.3, -0.25) is 9.78 Å². The fourth-order valence-corrected chi connectivity index (χ4v) is 3.92. The number of rotatable bonds is 8. The predicted molar refractivity (Wildman–Crippen MR) is 122 cm³/mol. The van der Waals surface area contributed by atoms with Crippen LogP contribution in [-0.4, -0.2) is 44.2 Å². The molecule has 0 aliphatic rings. The highest BCUT2D eigenvalue weighted by molar-refractivity contribution is 7.98. The van der Waals surface area contributed by atoms with E-state index in [0.29, 0.717) is 0 Å². The number of benzene rings is 2. The molecule has 0 aliphatic heterocycles. The number of aromatic amines is 1. The lowest BCUT2D eigenvalue weighted by Gasteiger charge is -2.01. The van der Waals surface area contributed by atoms with Crippen LogP contribution in [0.25, 0.3) is 0 Å². The second-order valence-corrected chi connectivity index (χ2v) is 8.17. The molecule has 0 amide bonds. The summed E-state index contributed by atoms with van der Waals surface area (Å²) in [5.74, 6) is 3.50. The van der Waals surface area contributed by atoms with Crippen LogP contribution in [0.3, 0.4) is 0 Å². The standard InChI is InChI=1S/C11H13N3OS.C10H11N3OS/c1-14-8-12-11(13-14)16-7-9-3-5-10(15-2)6-4-9;1-14-9-4-2-8(3-5-9)6-15-10-11-7-12-13-10/h3-6,8H,7H2,1-2H3;2-5,7H,6H2,1H3,(H,11,12,13). The van der Waals surface area contributed by atoms with Gasteiger partial charge in [-0.15, -0.1) is 5.10 Å². The Morgan fingerprint density at radius 1 is 0.839 bits per heavy atom. The van der Waals surface area contributed by atoms with E-state index in [2.05, 4.69) is 37.4 Å². The van der Waals surface area contributed by atoms with Crippen LogP contribution in [-0.2, 0) is 18.6 Å². The highest BCUT2D eigenvalue weighted by atomic mass is 32.2. The number of aryl methyl sites for hydroxylation is 1. The number of nitrogens with zero attached hydrogens (tertiary/aromatic N) is 5. The molecule has 0 radical (unpaired) electrons. The van der Waals surface area contributed by atoms with E-state index in [1.165, 1.54) is 17.5 Å². The molecule has 0 spiro atoms. The maximum atomic E-state index is 5.10. The maximum absolute atomic E-state index is 5.10. The molecule has 4 aromatic rings. The summed E-state index contributed by atoms with van der Waals surface area (Å²) in [7, 11) is 5.20. The molecule has 0 aliphatic carbocycles. The summed E-state index contributed by atoms with van der Waals surface area (Å²) in [6, 6.07) is 16.0. The Morgan fingerprint density at radius 2 is 1.42 bits per heavy atom. The quantitative estimate of drug-likeness (QED) is 0.394. The Balaban J connectivity index is 0.000000176. The minimum atomic E-state index is 0.804. The molecule has 2 heterocycles. The van der Waals surface area contributed by atoms with Gasteiger partial charge >= 0.3 is 0 Å². The first kappa shape index (κ1) is 22.7. The number of H-pyrrole nitrogens is 1. The van der Waals surface area contributed by atoms with Crippen molar-refractivity contribution in [2.75, 3.05) is 14.2 Å². The SMILES string of the molecule is COc1ccc(CSc2ncn(C)n2)cc1.COc1ccc(CSc2ncn[nH]2)cc1. The number of ether oxygens (including phenoxy) is 2. The zero-order valence-corrected chi connectivity index (χ0v) is 19.2. The molecule has 0 saturated heterocycles. The summed E-state index contributed by atoms with van der Waals surface area (Å²) in [5.41, 5.74) is 2.47. The van der Waals surface area contributed by atoms with E-state index in [4.69, 9.17) is 9.47 Å². The van der Waals surface area contributed by atoms with Crippen molar-refractivity contribution < 1.29 is 9.47 Å². The first-order valence-electron chi connectivity index (χ1n) is 9.38. The van der Waals surface area contributed by atoms with Crippen LogP contribution in [0.2, 0.25) is 0 Å². The summed E-state index contributed by atoms with van der Waals surface area (Å²) >= 11 is 3.25. The molecule has 0 atom stereocenters. The maximum Gasteiger partial charge on any atom is 0.208 e. The van der Waals surface area contributed by atoms with Crippen LogP contribution in [0.5, 0.6) is 11.5 Å². The first-order chi connectivity index (χ1) is 15.2. The lowest BCUT2D eigenvalue weighted by molar-refractivity contribution is 0.414. The summed E-state index contributed by atoms with van der Waals surface area (Å²) in [5, 5.41) is 12.4. The molecular weight excluding hydrogens is 432 g/mol. The normalized spacial score (nSPS) is 10.3. The van der Waals surface area contributed by atoms with Gasteiger partial charge in [0.15, 0.2) is 5.16 Å². The molecule has 1 N–H and O–H groups in total. The molecule has 2 aromatic carbocycles. The lowest BCUT2D eigenvalue weighted by Crippen LogP contribution is -1.87. The highest BCUT2D eigenvalue weighted by Crippen LogP contribution is 2.21. The fraction of sp³-hybridized carbons (Fsp3) is 0.238. The zero-order chi connectivity index (χ0) is 21.9. The molecule has 2 aromatic heterocycles. The van der Waals surface area contributed by atoms with E-state index in [1.807, 2.05) is 43.4 Å². The number of hydrogen-bond donors (Lipinski definition) is 1. The average Bonchev–Trinajstić information content (AvgIpc) is 3.49. The Labute approximate surface area is 189 Å². The van der Waals surface area contributed by atoms with Gasteiger partial charge in [0.05, 0.1) is 14.2 Å². The minimum Gasteiger partial charge on any atom is -0.497 e. The smallest absolute Gasteiger partial charge is 0.208 e. The average molecular weight is 457 g/mol. The minimum absolute atomic E-state index is 0.804. The summed E-state index contributed by atoms with van der Waals surface area (Å²) in [4.78, 5) is 8.19. The Bertz CT molecular complexity index is 1020. The van der Waals surface area contributed by atoms with Gasteiger partial charge in [-0.05, 0) is 35.4 Å². The van der Waals surface area contributed by atoms with Crippen molar-refractivity contribution in [2.45, 2.75) is 21.8 Å². The van der Waals surface area contributed by atoms with Gasteiger partial charge in [0.2, 0.25) is 5.16 Å². The molecular formula is C21H24N6O2S2. The van der Waals surface area contributed by atoms with Crippen LogP contribution in [0, 0.1) is 0 Å². The van der Waals surface area contributed by atoms with Crippen LogP contribution in [0.4, 0.5) is 0 Å². The molecule has 0 saturated carbocycles. The predicted octanol–water partition coefficient (Wildman–Crippen LogP) is 4.22. The molecule has 8 nitrogen and oxygen atoms in total. The Hall–Kier alpha value is -2.98. The van der Waals surface area contributed by atoms with Crippen molar-refractivity contribution in [1.82, 2.24) is 29.9 Å². The number of thioether (sulfide) groups is 2. The Kier molecular flexibility index (Phi) is 8.80. The molecule has 10 heteroatoms. The van der Waals surface area contributed by atoms with E-state index in [1.54, 1.807) is 48.8 Å². The van der Waals surface area contributed by atoms with E-state index in [-0.39, 0.29) is 0 Å². The number of nitrogens with one attached hydrogen (secondary N) is 1. The molecule has 0 unspecified atom stereocenters. The zero-order valence-electron chi connectivity index (χ0n) is 17.6. The van der Waals surface area contributed by atoms with Crippen LogP contribution >= 0.6 is 23.5 Å². The molecule has 162 valence electrons. The monoisotopic (exact) mass is 456 g/mol. The van der Waals surface area contributed by atoms with E-state index < -0.39 is 0 Å². The van der Waals surface area contributed by atoms with Gasteiger partial charge < -0.3 is 9.47 Å². The Morgan fingerprint density at radius 3 is 1.87 bits per heavy atom. The fourth-order valence-electron chi connectivity index (χ4n) is 2.39. The summed E-state index contributed by atoms with van der Waals surface area (Å²) < 4.78 is 11.9. The van der Waals surface area contributed by atoms with Crippen molar-refractivity contribution in [3.05, 3.63) is 72.3 Å². The third kappa shape index (κ3) is 7.65. The first-order valence-corrected chi connectivity index (χ1v) is 11.4. The molecule has 0 fully saturated rings. The van der Waals surface area contributed by atoms with Crippen molar-refractivity contribution in [3.63, 3.8) is 0 Å². The molecule has 31 heavy (non-hydrogen) atoms. The van der Waals surface area contributed by atoms with Crippen LogP contribution in [0.15, 0.2) is 71.5 Å². The van der Waals surface area contributed by atoms with Crippen molar-refractivity contribution >= 4 is 23.5 Å². The summed E-state index contributed by atoms with van der Waals surface area (Å²) in [6.07, 6.45) is 3.21. The van der Waals surface area contributed by atoms with E-state index in [9.17, 15) is 0 Å². The molecule has 0 bridgehead atoms. The van der Waals surface area contributed by atoms with Crippen LogP contribution < -0.4 is 9.47 Å². The van der Waals surface area contributed by atoms with Gasteiger partial charge in [-0.25, -0.2) is 9.97 Å². The van der Waals surface area contributed by atoms with Crippen molar-refractivity contribution in [2.24, 2.45) is 7.05 Å². The van der Waals surface area contributed by atoms with Gasteiger partial charge in [0.25, 0.3) is 0 Å². The number of hydrogen-bond acceptors (Lipinski definition) is 8. The van der Waals surface area contributed by atoms with Gasteiger partial charge in [0.1, 0.15) is 24.2 Å². The van der Waals surface area contributed by atoms with Crippen LogP contribution in [0.1, 0.15) is 11.1 Å². The topological polar surface area (TPSA) is 90.7 Å². The largest absolute Gasteiger partial charge is 0.497 e. The third-order valence-electron chi connectivity index (χ3n) is 4.03. The third-order valence-corrected chi connectivity index (χ3v) is 5.90. The van der Waals surface area contributed by atoms with Gasteiger partial charge in [-0.1, -0.05) is 47.8 Å². The highest BCUT2D eigenvalue weighted by Gasteiger charge is 2.01. The van der Waals surface area contributed by atoms with Gasteiger partial charge in [-0.2, -0.15) is 5.10 Å². The van der Waals surface area contributed by atoms with Crippen molar-refractivity contribution in [3.8, 4) is 11.5 Å². The summed E-state index contributed by atoms with van der Waals surface area (Å²) in [6.45, 7) is 0. The molecule has 4 rings (SSSR count). The van der Waals surface area contributed by atoms with E-state index >= 15 is 0 Å².